The molecule has 0 bridgehead atoms. The Morgan fingerprint density at radius 1 is 1.25 bits per heavy atom. The van der Waals surface area contributed by atoms with Crippen LogP contribution in [0.4, 0.5) is 5.69 Å². The first-order valence-electron chi connectivity index (χ1n) is 7.15. The minimum absolute atomic E-state index is 0.480. The molecule has 0 spiro atoms. The summed E-state index contributed by atoms with van der Waals surface area (Å²) in [5.41, 5.74) is 0.984. The number of hydrogen-bond acceptors (Lipinski definition) is 2. The van der Waals surface area contributed by atoms with Crippen molar-refractivity contribution in [2.24, 2.45) is 5.92 Å². The second kappa shape index (κ2) is 7.22. The number of benzene rings is 1. The zero-order valence-electron chi connectivity index (χ0n) is 11.9. The normalized spacial score (nSPS) is 21.6. The van der Waals surface area contributed by atoms with Crippen molar-refractivity contribution in [3.05, 3.63) is 27.2 Å². The Morgan fingerprint density at radius 3 is 2.65 bits per heavy atom. The van der Waals surface area contributed by atoms with Crippen LogP contribution in [0.3, 0.4) is 0 Å². The van der Waals surface area contributed by atoms with Crippen molar-refractivity contribution in [2.45, 2.75) is 32.7 Å². The molecule has 2 rings (SSSR count). The molecule has 1 heterocycles. The van der Waals surface area contributed by atoms with E-state index < -0.39 is 0 Å². The van der Waals surface area contributed by atoms with Gasteiger partial charge in [-0.2, -0.15) is 0 Å². The molecule has 1 aliphatic heterocycles. The summed E-state index contributed by atoms with van der Waals surface area (Å²) < 4.78 is 0. The highest BCUT2D eigenvalue weighted by Crippen LogP contribution is 2.35. The lowest BCUT2D eigenvalue weighted by Gasteiger charge is -2.30. The van der Waals surface area contributed by atoms with Crippen LogP contribution in [-0.4, -0.2) is 25.7 Å². The van der Waals surface area contributed by atoms with Gasteiger partial charge in [-0.3, -0.25) is 0 Å². The van der Waals surface area contributed by atoms with Gasteiger partial charge in [-0.05, 0) is 31.0 Å². The lowest BCUT2D eigenvalue weighted by atomic mass is 9.99. The molecule has 0 aliphatic carbocycles. The first-order chi connectivity index (χ1) is 9.52. The largest absolute Gasteiger partial charge is 0.369 e. The van der Waals surface area contributed by atoms with Crippen LogP contribution in [0.5, 0.6) is 0 Å². The zero-order valence-corrected chi connectivity index (χ0v) is 14.2. The molecule has 0 aromatic heterocycles. The highest BCUT2D eigenvalue weighted by atomic mass is 35.5. The maximum absolute atomic E-state index is 6.34. The molecule has 0 radical (unpaired) electrons. The van der Waals surface area contributed by atoms with Crippen LogP contribution in [0.15, 0.2) is 12.1 Å². The van der Waals surface area contributed by atoms with Crippen LogP contribution in [0, 0.1) is 5.92 Å². The Morgan fingerprint density at radius 2 is 1.95 bits per heavy atom. The number of halogens is 3. The first kappa shape index (κ1) is 16.2. The summed E-state index contributed by atoms with van der Waals surface area (Å²) in [4.78, 5) is 2.32. The average molecular weight is 336 g/mol. The molecule has 5 heteroatoms. The zero-order chi connectivity index (χ0) is 14.7. The molecular weight excluding hydrogens is 315 g/mol. The summed E-state index contributed by atoms with van der Waals surface area (Å²) in [5.74, 6) is 0.636. The van der Waals surface area contributed by atoms with Gasteiger partial charge in [-0.25, -0.2) is 0 Å². The molecule has 1 aliphatic rings. The molecule has 0 saturated carbocycles. The van der Waals surface area contributed by atoms with E-state index in [1.54, 1.807) is 6.07 Å². The van der Waals surface area contributed by atoms with Crippen LogP contribution >= 0.6 is 34.8 Å². The fourth-order valence-electron chi connectivity index (χ4n) is 2.59. The first-order valence-corrected chi connectivity index (χ1v) is 8.29. The van der Waals surface area contributed by atoms with Crippen LogP contribution < -0.4 is 10.2 Å². The van der Waals surface area contributed by atoms with E-state index in [1.165, 1.54) is 6.42 Å². The highest BCUT2D eigenvalue weighted by Gasteiger charge is 2.23. The number of rotatable bonds is 3. The third kappa shape index (κ3) is 3.73. The molecule has 1 N–H and O–H groups in total. The SMILES string of the molecule is CCC(C)C1CN(c2cc(Cl)c(Cl)cc2Cl)CCCN1. The monoisotopic (exact) mass is 334 g/mol. The Balaban J connectivity index is 2.24. The minimum atomic E-state index is 0.480. The van der Waals surface area contributed by atoms with Crippen molar-refractivity contribution in [3.8, 4) is 0 Å². The maximum Gasteiger partial charge on any atom is 0.0655 e. The second-order valence-corrected chi connectivity index (χ2v) is 6.69. The topological polar surface area (TPSA) is 15.3 Å². The van der Waals surface area contributed by atoms with E-state index in [4.69, 9.17) is 34.8 Å². The molecule has 1 saturated heterocycles. The molecule has 0 amide bonds. The van der Waals surface area contributed by atoms with E-state index in [2.05, 4.69) is 24.1 Å². The second-order valence-electron chi connectivity index (χ2n) is 5.46. The van der Waals surface area contributed by atoms with E-state index in [1.807, 2.05) is 6.07 Å². The molecule has 1 aromatic carbocycles. The highest BCUT2D eigenvalue weighted by molar-refractivity contribution is 6.44. The standard InChI is InChI=1S/C15H21Cl3N2/c1-3-10(2)14-9-20(6-4-5-19-14)15-8-12(17)11(16)7-13(15)18/h7-8,10,14,19H,3-6,9H2,1-2H3. The Hall–Kier alpha value is -0.150. The summed E-state index contributed by atoms with van der Waals surface area (Å²) in [5, 5.41) is 5.37. The number of nitrogens with one attached hydrogen (secondary N) is 1. The molecule has 20 heavy (non-hydrogen) atoms. The average Bonchev–Trinajstić information content (AvgIpc) is 2.68. The van der Waals surface area contributed by atoms with Gasteiger partial charge in [0.1, 0.15) is 0 Å². The van der Waals surface area contributed by atoms with Gasteiger partial charge in [-0.15, -0.1) is 0 Å². The van der Waals surface area contributed by atoms with Crippen LogP contribution in [-0.2, 0) is 0 Å². The molecule has 2 unspecified atom stereocenters. The van der Waals surface area contributed by atoms with Crippen molar-refractivity contribution < 1.29 is 0 Å². The molecule has 1 aromatic rings. The van der Waals surface area contributed by atoms with Gasteiger partial charge in [0.25, 0.3) is 0 Å². The van der Waals surface area contributed by atoms with Crippen molar-refractivity contribution in [2.75, 3.05) is 24.5 Å². The Kier molecular flexibility index (Phi) is 5.85. The van der Waals surface area contributed by atoms with Gasteiger partial charge in [0, 0.05) is 19.1 Å². The number of anilines is 1. The lowest BCUT2D eigenvalue weighted by Crippen LogP contribution is -2.42. The summed E-state index contributed by atoms with van der Waals surface area (Å²) >= 11 is 18.5. The van der Waals surface area contributed by atoms with Gasteiger partial charge < -0.3 is 10.2 Å². The van der Waals surface area contributed by atoms with Gasteiger partial charge in [0.2, 0.25) is 0 Å². The lowest BCUT2D eigenvalue weighted by molar-refractivity contribution is 0.384. The molecular formula is C15H21Cl3N2. The smallest absolute Gasteiger partial charge is 0.0655 e. The Bertz CT molecular complexity index is 465. The predicted octanol–water partition coefficient (Wildman–Crippen LogP) is 4.86. The molecule has 1 fully saturated rings. The van der Waals surface area contributed by atoms with Crippen molar-refractivity contribution in [1.29, 1.82) is 0 Å². The van der Waals surface area contributed by atoms with Gasteiger partial charge in [0.05, 0.1) is 20.8 Å². The maximum atomic E-state index is 6.34. The minimum Gasteiger partial charge on any atom is -0.369 e. The fourth-order valence-corrected chi connectivity index (χ4v) is 3.25. The van der Waals surface area contributed by atoms with Crippen LogP contribution in [0.2, 0.25) is 15.1 Å². The summed E-state index contributed by atoms with van der Waals surface area (Å²) in [7, 11) is 0. The van der Waals surface area contributed by atoms with E-state index in [-0.39, 0.29) is 0 Å². The van der Waals surface area contributed by atoms with Crippen LogP contribution in [0.25, 0.3) is 0 Å². The third-order valence-electron chi connectivity index (χ3n) is 4.09. The van der Waals surface area contributed by atoms with Gasteiger partial charge >= 0.3 is 0 Å². The number of hydrogen-bond donors (Lipinski definition) is 1. The van der Waals surface area contributed by atoms with Crippen molar-refractivity contribution in [1.82, 2.24) is 5.32 Å². The van der Waals surface area contributed by atoms with E-state index in [0.29, 0.717) is 27.0 Å². The molecule has 2 atom stereocenters. The van der Waals surface area contributed by atoms with Crippen molar-refractivity contribution >= 4 is 40.5 Å². The van der Waals surface area contributed by atoms with Crippen molar-refractivity contribution in [3.63, 3.8) is 0 Å². The van der Waals surface area contributed by atoms with Gasteiger partial charge in [0.15, 0.2) is 0 Å². The third-order valence-corrected chi connectivity index (χ3v) is 5.11. The quantitative estimate of drug-likeness (QED) is 0.793. The Labute approximate surface area is 136 Å². The molecule has 112 valence electrons. The molecule has 2 nitrogen and oxygen atoms in total. The summed E-state index contributed by atoms with van der Waals surface area (Å²) in [6.45, 7) is 7.50. The predicted molar refractivity (Wildman–Crippen MR) is 89.5 cm³/mol. The van der Waals surface area contributed by atoms with E-state index in [9.17, 15) is 0 Å². The van der Waals surface area contributed by atoms with Crippen LogP contribution in [0.1, 0.15) is 26.7 Å². The summed E-state index contributed by atoms with van der Waals surface area (Å²) in [6, 6.07) is 4.09. The summed E-state index contributed by atoms with van der Waals surface area (Å²) in [6.07, 6.45) is 2.27. The van der Waals surface area contributed by atoms with E-state index >= 15 is 0 Å². The number of nitrogens with zero attached hydrogens (tertiary/aromatic N) is 1. The van der Waals surface area contributed by atoms with Gasteiger partial charge in [-0.1, -0.05) is 55.1 Å². The fraction of sp³-hybridized carbons (Fsp3) is 0.600. The van der Waals surface area contributed by atoms with E-state index in [0.717, 1.165) is 31.7 Å².